The Morgan fingerprint density at radius 2 is 2.25 bits per heavy atom. The topological polar surface area (TPSA) is 29.5 Å². The molecule has 0 unspecified atom stereocenters. The average Bonchev–Trinajstić information content (AvgIpc) is 2.38. The Hall–Kier alpha value is -1.68. The van der Waals surface area contributed by atoms with Gasteiger partial charge in [-0.05, 0) is 37.5 Å². The monoisotopic (exact) mass is 277 g/mol. The van der Waals surface area contributed by atoms with Crippen molar-refractivity contribution in [2.45, 2.75) is 38.5 Å². The van der Waals surface area contributed by atoms with Crippen molar-refractivity contribution in [2.24, 2.45) is 0 Å². The second kappa shape index (κ2) is 6.18. The fraction of sp³-hybridized carbons (Fsp3) is 0.438. The van der Waals surface area contributed by atoms with Gasteiger partial charge in [-0.25, -0.2) is 4.39 Å². The fourth-order valence-corrected chi connectivity index (χ4v) is 2.53. The van der Waals surface area contributed by atoms with Gasteiger partial charge in [0.25, 0.3) is 0 Å². The number of hydrogen-bond donors (Lipinski definition) is 0. The van der Waals surface area contributed by atoms with Crippen LogP contribution in [-0.2, 0) is 16.1 Å². The van der Waals surface area contributed by atoms with Crippen LogP contribution in [0.2, 0.25) is 0 Å². The molecule has 1 amide bonds. The molecule has 1 aliphatic rings. The molecule has 0 spiro atoms. The highest BCUT2D eigenvalue weighted by atomic mass is 19.1. The second-order valence-corrected chi connectivity index (χ2v) is 5.19. The molecule has 3 nitrogen and oxygen atoms in total. The van der Waals surface area contributed by atoms with E-state index >= 15 is 0 Å². The Labute approximate surface area is 119 Å². The van der Waals surface area contributed by atoms with Crippen LogP contribution in [0.3, 0.4) is 0 Å². The largest absolute Gasteiger partial charge is 0.381 e. The summed E-state index contributed by atoms with van der Waals surface area (Å²) in [5.41, 5.74) is 1.43. The summed E-state index contributed by atoms with van der Waals surface area (Å²) in [6.45, 7) is 5.67. The standard InChI is InChI=1S/C16H20FNO2/c1-4-16(19)18(12-8-13(9-12)20-3)10-14-11(2)6-5-7-15(14)17/h4-7,12-13H,1,8-10H2,2-3H3. The van der Waals surface area contributed by atoms with E-state index in [2.05, 4.69) is 6.58 Å². The molecule has 0 aromatic heterocycles. The van der Waals surface area contributed by atoms with E-state index in [0.29, 0.717) is 5.56 Å². The van der Waals surface area contributed by atoms with E-state index < -0.39 is 0 Å². The van der Waals surface area contributed by atoms with Crippen LogP contribution in [-0.4, -0.2) is 30.1 Å². The van der Waals surface area contributed by atoms with Gasteiger partial charge in [0.05, 0.1) is 6.10 Å². The number of nitrogens with zero attached hydrogens (tertiary/aromatic N) is 1. The number of amides is 1. The molecular weight excluding hydrogens is 257 g/mol. The molecule has 1 fully saturated rings. The van der Waals surface area contributed by atoms with Crippen molar-refractivity contribution >= 4 is 5.91 Å². The van der Waals surface area contributed by atoms with Crippen LogP contribution in [0, 0.1) is 12.7 Å². The van der Waals surface area contributed by atoms with Crippen LogP contribution >= 0.6 is 0 Å². The lowest BCUT2D eigenvalue weighted by Crippen LogP contribution is -2.49. The van der Waals surface area contributed by atoms with E-state index in [4.69, 9.17) is 4.74 Å². The SMILES string of the molecule is C=CC(=O)N(Cc1c(C)cccc1F)C1CC(OC)C1. The Kier molecular flexibility index (Phi) is 4.55. The van der Waals surface area contributed by atoms with Crippen molar-refractivity contribution in [1.82, 2.24) is 4.90 Å². The van der Waals surface area contributed by atoms with Gasteiger partial charge in [0, 0.05) is 25.3 Å². The molecule has 108 valence electrons. The molecule has 0 saturated heterocycles. The van der Waals surface area contributed by atoms with Gasteiger partial charge in [-0.15, -0.1) is 0 Å². The number of halogens is 1. The van der Waals surface area contributed by atoms with Crippen molar-refractivity contribution in [3.8, 4) is 0 Å². The molecule has 1 aromatic rings. The zero-order chi connectivity index (χ0) is 14.7. The quantitative estimate of drug-likeness (QED) is 0.775. The number of carbonyl (C=O) groups excluding carboxylic acids is 1. The molecule has 1 aliphatic carbocycles. The van der Waals surface area contributed by atoms with Crippen LogP contribution in [0.1, 0.15) is 24.0 Å². The van der Waals surface area contributed by atoms with Crippen molar-refractivity contribution < 1.29 is 13.9 Å². The number of carbonyl (C=O) groups is 1. The molecule has 0 N–H and O–H groups in total. The van der Waals surface area contributed by atoms with Gasteiger partial charge in [-0.3, -0.25) is 4.79 Å². The Morgan fingerprint density at radius 1 is 1.55 bits per heavy atom. The molecule has 0 bridgehead atoms. The highest BCUT2D eigenvalue weighted by Crippen LogP contribution is 2.30. The number of rotatable bonds is 5. The average molecular weight is 277 g/mol. The smallest absolute Gasteiger partial charge is 0.246 e. The minimum atomic E-state index is -0.269. The van der Waals surface area contributed by atoms with E-state index in [9.17, 15) is 9.18 Å². The summed E-state index contributed by atoms with van der Waals surface area (Å²) in [5, 5.41) is 0. The molecule has 1 saturated carbocycles. The van der Waals surface area contributed by atoms with E-state index in [0.717, 1.165) is 18.4 Å². The van der Waals surface area contributed by atoms with Gasteiger partial charge >= 0.3 is 0 Å². The summed E-state index contributed by atoms with van der Waals surface area (Å²) in [7, 11) is 1.67. The molecule has 4 heteroatoms. The summed E-state index contributed by atoms with van der Waals surface area (Å²) in [4.78, 5) is 13.7. The number of methoxy groups -OCH3 is 1. The first-order valence-electron chi connectivity index (χ1n) is 6.76. The third-order valence-electron chi connectivity index (χ3n) is 3.98. The van der Waals surface area contributed by atoms with Crippen LogP contribution in [0.25, 0.3) is 0 Å². The molecule has 2 rings (SSSR count). The Bertz CT molecular complexity index is 489. The fourth-order valence-electron chi connectivity index (χ4n) is 2.53. The molecule has 1 aromatic carbocycles. The highest BCUT2D eigenvalue weighted by molar-refractivity contribution is 5.87. The predicted octanol–water partition coefficient (Wildman–Crippen LogP) is 2.83. The van der Waals surface area contributed by atoms with Crippen molar-refractivity contribution in [3.05, 3.63) is 47.8 Å². The van der Waals surface area contributed by atoms with Gasteiger partial charge in [-0.2, -0.15) is 0 Å². The van der Waals surface area contributed by atoms with Crippen LogP contribution in [0.4, 0.5) is 4.39 Å². The normalized spacial score (nSPS) is 21.1. The van der Waals surface area contributed by atoms with Crippen LogP contribution < -0.4 is 0 Å². The third kappa shape index (κ3) is 2.90. The van der Waals surface area contributed by atoms with Crippen molar-refractivity contribution in [1.29, 1.82) is 0 Å². The maximum absolute atomic E-state index is 13.9. The Morgan fingerprint density at radius 3 is 2.80 bits per heavy atom. The van der Waals surface area contributed by atoms with E-state index in [1.165, 1.54) is 12.1 Å². The van der Waals surface area contributed by atoms with E-state index in [-0.39, 0.29) is 30.4 Å². The lowest BCUT2D eigenvalue weighted by Gasteiger charge is -2.42. The minimum absolute atomic E-state index is 0.101. The van der Waals surface area contributed by atoms with E-state index in [1.54, 1.807) is 18.1 Å². The molecule has 0 atom stereocenters. The molecule has 0 heterocycles. The lowest BCUT2D eigenvalue weighted by molar-refractivity contribution is -0.134. The Balaban J connectivity index is 2.16. The third-order valence-corrected chi connectivity index (χ3v) is 3.98. The number of aryl methyl sites for hydroxylation is 1. The summed E-state index contributed by atoms with van der Waals surface area (Å²) >= 11 is 0. The maximum Gasteiger partial charge on any atom is 0.246 e. The number of hydrogen-bond acceptors (Lipinski definition) is 2. The van der Waals surface area contributed by atoms with Gasteiger partial charge in [0.1, 0.15) is 5.82 Å². The first-order valence-corrected chi connectivity index (χ1v) is 6.76. The minimum Gasteiger partial charge on any atom is -0.381 e. The van der Waals surface area contributed by atoms with Crippen molar-refractivity contribution in [2.75, 3.05) is 7.11 Å². The van der Waals surface area contributed by atoms with Gasteiger partial charge < -0.3 is 9.64 Å². The first-order chi connectivity index (χ1) is 9.56. The molecule has 20 heavy (non-hydrogen) atoms. The van der Waals surface area contributed by atoms with Gasteiger partial charge in [0.2, 0.25) is 5.91 Å². The predicted molar refractivity (Wildman–Crippen MR) is 75.7 cm³/mol. The molecule has 0 radical (unpaired) electrons. The zero-order valence-corrected chi connectivity index (χ0v) is 11.9. The molecular formula is C16H20FNO2. The lowest BCUT2D eigenvalue weighted by atomic mass is 9.87. The maximum atomic E-state index is 13.9. The number of ether oxygens (including phenoxy) is 1. The highest BCUT2D eigenvalue weighted by Gasteiger charge is 2.35. The summed E-state index contributed by atoms with van der Waals surface area (Å²) < 4.78 is 19.2. The second-order valence-electron chi connectivity index (χ2n) is 5.19. The van der Waals surface area contributed by atoms with Gasteiger partial charge in [-0.1, -0.05) is 18.7 Å². The summed E-state index contributed by atoms with van der Waals surface area (Å²) in [6.07, 6.45) is 3.07. The summed E-state index contributed by atoms with van der Waals surface area (Å²) in [5.74, 6) is -0.429. The zero-order valence-electron chi connectivity index (χ0n) is 11.9. The number of benzene rings is 1. The van der Waals surface area contributed by atoms with Gasteiger partial charge in [0.15, 0.2) is 0 Å². The van der Waals surface area contributed by atoms with E-state index in [1.807, 2.05) is 13.0 Å². The molecule has 0 aliphatic heterocycles. The van der Waals surface area contributed by atoms with Crippen LogP contribution in [0.15, 0.2) is 30.9 Å². The van der Waals surface area contributed by atoms with Crippen LogP contribution in [0.5, 0.6) is 0 Å². The summed E-state index contributed by atoms with van der Waals surface area (Å²) in [6, 6.07) is 5.06. The first kappa shape index (κ1) is 14.7. The van der Waals surface area contributed by atoms with Crippen molar-refractivity contribution in [3.63, 3.8) is 0 Å².